The standard InChI is InChI=1S/C10H13N3/c1-7(11)4-8-2-3-9-10(5-8)13-6-12-9/h2-3,5-7H,4,11H2,1H3,(H,12,13)/t7-/m1/s1. The van der Waals surface area contributed by atoms with Crippen molar-refractivity contribution in [3.8, 4) is 0 Å². The maximum Gasteiger partial charge on any atom is 0.0931 e. The van der Waals surface area contributed by atoms with Crippen molar-refractivity contribution in [1.82, 2.24) is 9.97 Å². The number of rotatable bonds is 2. The fourth-order valence-electron chi connectivity index (χ4n) is 1.48. The number of aromatic amines is 1. The molecule has 0 bridgehead atoms. The van der Waals surface area contributed by atoms with Gasteiger partial charge in [0.25, 0.3) is 0 Å². The fraction of sp³-hybridized carbons (Fsp3) is 0.300. The average molecular weight is 175 g/mol. The van der Waals surface area contributed by atoms with Gasteiger partial charge < -0.3 is 10.7 Å². The Labute approximate surface area is 77.0 Å². The minimum atomic E-state index is 0.209. The second-order valence-electron chi connectivity index (χ2n) is 3.44. The highest BCUT2D eigenvalue weighted by Crippen LogP contribution is 2.12. The molecule has 0 radical (unpaired) electrons. The third-order valence-electron chi connectivity index (χ3n) is 2.04. The molecule has 68 valence electrons. The number of fused-ring (bicyclic) bond motifs is 1. The van der Waals surface area contributed by atoms with Gasteiger partial charge in [0.05, 0.1) is 17.4 Å². The van der Waals surface area contributed by atoms with Crippen LogP contribution in [0.25, 0.3) is 11.0 Å². The van der Waals surface area contributed by atoms with E-state index >= 15 is 0 Å². The van der Waals surface area contributed by atoms with Gasteiger partial charge in [0, 0.05) is 6.04 Å². The number of benzene rings is 1. The Morgan fingerprint density at radius 1 is 1.54 bits per heavy atom. The lowest BCUT2D eigenvalue weighted by atomic mass is 10.1. The topological polar surface area (TPSA) is 54.7 Å². The van der Waals surface area contributed by atoms with Gasteiger partial charge in [-0.05, 0) is 31.0 Å². The Hall–Kier alpha value is -1.35. The van der Waals surface area contributed by atoms with Gasteiger partial charge in [-0.15, -0.1) is 0 Å². The van der Waals surface area contributed by atoms with E-state index in [9.17, 15) is 0 Å². The number of nitrogens with zero attached hydrogens (tertiary/aromatic N) is 1. The zero-order valence-electron chi connectivity index (χ0n) is 7.62. The molecule has 0 spiro atoms. The maximum atomic E-state index is 5.72. The molecule has 0 fully saturated rings. The van der Waals surface area contributed by atoms with Gasteiger partial charge in [0.15, 0.2) is 0 Å². The third-order valence-corrected chi connectivity index (χ3v) is 2.04. The van der Waals surface area contributed by atoms with Crippen LogP contribution in [0.4, 0.5) is 0 Å². The molecule has 0 saturated carbocycles. The van der Waals surface area contributed by atoms with Crippen molar-refractivity contribution < 1.29 is 0 Å². The van der Waals surface area contributed by atoms with Gasteiger partial charge in [0.1, 0.15) is 0 Å². The summed E-state index contributed by atoms with van der Waals surface area (Å²) in [7, 11) is 0. The van der Waals surface area contributed by atoms with Crippen LogP contribution in [0.3, 0.4) is 0 Å². The molecule has 13 heavy (non-hydrogen) atoms. The van der Waals surface area contributed by atoms with Gasteiger partial charge in [-0.3, -0.25) is 0 Å². The highest BCUT2D eigenvalue weighted by molar-refractivity contribution is 5.75. The first-order chi connectivity index (χ1) is 6.25. The molecular weight excluding hydrogens is 162 g/mol. The molecule has 3 heteroatoms. The molecule has 0 aliphatic heterocycles. The summed E-state index contributed by atoms with van der Waals surface area (Å²) in [6.07, 6.45) is 2.62. The fourth-order valence-corrected chi connectivity index (χ4v) is 1.48. The first-order valence-corrected chi connectivity index (χ1v) is 4.43. The van der Waals surface area contributed by atoms with Crippen LogP contribution in [0.5, 0.6) is 0 Å². The summed E-state index contributed by atoms with van der Waals surface area (Å²) in [5.74, 6) is 0. The molecule has 3 N–H and O–H groups in total. The van der Waals surface area contributed by atoms with Crippen LogP contribution in [-0.2, 0) is 6.42 Å². The summed E-state index contributed by atoms with van der Waals surface area (Å²) >= 11 is 0. The average Bonchev–Trinajstić information content (AvgIpc) is 2.49. The molecule has 0 amide bonds. The van der Waals surface area contributed by atoms with E-state index in [1.54, 1.807) is 6.33 Å². The Morgan fingerprint density at radius 3 is 3.15 bits per heavy atom. The minimum absolute atomic E-state index is 0.209. The number of H-pyrrole nitrogens is 1. The van der Waals surface area contributed by atoms with Gasteiger partial charge in [0.2, 0.25) is 0 Å². The summed E-state index contributed by atoms with van der Waals surface area (Å²) in [4.78, 5) is 7.23. The second-order valence-corrected chi connectivity index (χ2v) is 3.44. The van der Waals surface area contributed by atoms with Crippen molar-refractivity contribution in [3.63, 3.8) is 0 Å². The van der Waals surface area contributed by atoms with Crippen molar-refractivity contribution in [2.24, 2.45) is 5.73 Å². The minimum Gasteiger partial charge on any atom is -0.345 e. The Bertz CT molecular complexity index is 403. The molecule has 1 aromatic carbocycles. The SMILES string of the molecule is C[C@@H](N)Cc1ccc2nc[nH]c2c1. The Balaban J connectivity index is 2.37. The predicted molar refractivity (Wildman–Crippen MR) is 53.4 cm³/mol. The van der Waals surface area contributed by atoms with Crippen molar-refractivity contribution in [1.29, 1.82) is 0 Å². The predicted octanol–water partition coefficient (Wildman–Crippen LogP) is 1.45. The summed E-state index contributed by atoms with van der Waals surface area (Å²) in [5.41, 5.74) is 9.06. The molecule has 1 heterocycles. The number of hydrogen-bond acceptors (Lipinski definition) is 2. The maximum absolute atomic E-state index is 5.72. The van der Waals surface area contributed by atoms with Crippen molar-refractivity contribution in [2.45, 2.75) is 19.4 Å². The lowest BCUT2D eigenvalue weighted by Crippen LogP contribution is -2.17. The van der Waals surface area contributed by atoms with E-state index in [2.05, 4.69) is 22.1 Å². The van der Waals surface area contributed by atoms with Crippen LogP contribution in [-0.4, -0.2) is 16.0 Å². The lowest BCUT2D eigenvalue weighted by Gasteiger charge is -2.04. The number of nitrogens with two attached hydrogens (primary N) is 1. The summed E-state index contributed by atoms with van der Waals surface area (Å²) in [5, 5.41) is 0. The normalized spacial score (nSPS) is 13.4. The van der Waals surface area contributed by atoms with E-state index in [0.717, 1.165) is 17.5 Å². The smallest absolute Gasteiger partial charge is 0.0931 e. The van der Waals surface area contributed by atoms with E-state index < -0.39 is 0 Å². The van der Waals surface area contributed by atoms with Crippen molar-refractivity contribution in [3.05, 3.63) is 30.1 Å². The zero-order chi connectivity index (χ0) is 9.26. The zero-order valence-corrected chi connectivity index (χ0v) is 7.62. The van der Waals surface area contributed by atoms with E-state index in [-0.39, 0.29) is 6.04 Å². The molecule has 0 aliphatic rings. The van der Waals surface area contributed by atoms with E-state index in [0.29, 0.717) is 0 Å². The van der Waals surface area contributed by atoms with Gasteiger partial charge in [-0.2, -0.15) is 0 Å². The van der Waals surface area contributed by atoms with Crippen molar-refractivity contribution >= 4 is 11.0 Å². The Kier molecular flexibility index (Phi) is 2.02. The van der Waals surface area contributed by atoms with Crippen LogP contribution >= 0.6 is 0 Å². The van der Waals surface area contributed by atoms with E-state index in [1.165, 1.54) is 5.56 Å². The molecule has 0 unspecified atom stereocenters. The van der Waals surface area contributed by atoms with Crippen LogP contribution in [0.15, 0.2) is 24.5 Å². The molecule has 1 aromatic heterocycles. The van der Waals surface area contributed by atoms with Crippen LogP contribution in [0.1, 0.15) is 12.5 Å². The first kappa shape index (κ1) is 8.26. The number of imidazole rings is 1. The summed E-state index contributed by atoms with van der Waals surface area (Å²) in [6.45, 7) is 2.01. The van der Waals surface area contributed by atoms with Gasteiger partial charge >= 0.3 is 0 Å². The lowest BCUT2D eigenvalue weighted by molar-refractivity contribution is 0.739. The third kappa shape index (κ3) is 1.70. The molecule has 2 aromatic rings. The quantitative estimate of drug-likeness (QED) is 0.725. The van der Waals surface area contributed by atoms with Gasteiger partial charge in [-0.1, -0.05) is 6.07 Å². The highest BCUT2D eigenvalue weighted by Gasteiger charge is 2.00. The number of hydrogen-bond donors (Lipinski definition) is 2. The van der Waals surface area contributed by atoms with E-state index in [1.807, 2.05) is 13.0 Å². The van der Waals surface area contributed by atoms with Crippen LogP contribution < -0.4 is 5.73 Å². The molecule has 2 rings (SSSR count). The highest BCUT2D eigenvalue weighted by atomic mass is 14.9. The monoisotopic (exact) mass is 175 g/mol. The molecular formula is C10H13N3. The largest absolute Gasteiger partial charge is 0.345 e. The molecule has 3 nitrogen and oxygen atoms in total. The first-order valence-electron chi connectivity index (χ1n) is 4.43. The van der Waals surface area contributed by atoms with Crippen LogP contribution in [0.2, 0.25) is 0 Å². The Morgan fingerprint density at radius 2 is 2.38 bits per heavy atom. The number of aromatic nitrogens is 2. The van der Waals surface area contributed by atoms with Crippen molar-refractivity contribution in [2.75, 3.05) is 0 Å². The molecule has 0 saturated heterocycles. The second kappa shape index (κ2) is 3.18. The van der Waals surface area contributed by atoms with E-state index in [4.69, 9.17) is 5.73 Å². The summed E-state index contributed by atoms with van der Waals surface area (Å²) < 4.78 is 0. The molecule has 0 aliphatic carbocycles. The van der Waals surface area contributed by atoms with Gasteiger partial charge in [-0.25, -0.2) is 4.98 Å². The number of nitrogens with one attached hydrogen (secondary N) is 1. The summed E-state index contributed by atoms with van der Waals surface area (Å²) in [6, 6.07) is 6.40. The van der Waals surface area contributed by atoms with Crippen LogP contribution in [0, 0.1) is 0 Å². The molecule has 1 atom stereocenters.